The molecule has 1 N–H and O–H groups in total. The zero-order valence-electron chi connectivity index (χ0n) is 36.2. The number of halogens is 8. The van der Waals surface area contributed by atoms with E-state index in [9.17, 15) is 41.0 Å². The molecule has 0 fully saturated rings. The molecule has 16 heteroatoms. The summed E-state index contributed by atoms with van der Waals surface area (Å²) in [6.07, 6.45) is 0. The van der Waals surface area contributed by atoms with Gasteiger partial charge in [-0.2, -0.15) is 0 Å². The van der Waals surface area contributed by atoms with E-state index >= 15 is 0 Å². The van der Waals surface area contributed by atoms with E-state index in [4.69, 9.17) is 14.2 Å². The molecular formula is C52H38Br2F6N2O6. The molecule has 0 saturated carbocycles. The first-order valence-electron chi connectivity index (χ1n) is 20.6. The predicted octanol–water partition coefficient (Wildman–Crippen LogP) is 14.3. The Kier molecular flexibility index (Phi) is 15.3. The maximum atomic E-state index is 14.2. The standard InChI is InChI=1S/C27H21BrF3NO3.C25H17BrF3NO3/c1-3-34-27(33)17-5-4-6-20(13-17)32-16(2)7-11-23(32)21-14-19(28)9-12-24(21)35-15-18-8-10-22(29)26(31)25(18)30;1-14-5-9-21(30(14)18-4-2-3-15(11-18)25(31)32)19-12-17(26)7-10-22(19)33-13-16-6-8-20(27)24(29)23(16)28/h4-14H,3,15H2,1-2H3;2-12H,13H2,1H3,(H,31,32). The molecule has 68 heavy (non-hydrogen) atoms. The van der Waals surface area contributed by atoms with Gasteiger partial charge >= 0.3 is 11.9 Å². The molecule has 2 heterocycles. The number of ether oxygens (including phenoxy) is 3. The van der Waals surface area contributed by atoms with Crippen molar-refractivity contribution in [3.05, 3.63) is 211 Å². The molecule has 0 radical (unpaired) electrons. The van der Waals surface area contributed by atoms with Crippen molar-refractivity contribution in [3.8, 4) is 45.4 Å². The Labute approximate surface area is 403 Å². The Balaban J connectivity index is 0.000000202. The Morgan fingerprint density at radius 1 is 0.544 bits per heavy atom. The van der Waals surface area contributed by atoms with Crippen LogP contribution in [0.3, 0.4) is 0 Å². The predicted molar refractivity (Wildman–Crippen MR) is 251 cm³/mol. The molecule has 0 unspecified atom stereocenters. The number of nitrogens with zero attached hydrogens (tertiary/aromatic N) is 2. The molecule has 0 saturated heterocycles. The van der Waals surface area contributed by atoms with Gasteiger partial charge in [0.15, 0.2) is 34.9 Å². The summed E-state index contributed by atoms with van der Waals surface area (Å²) in [4.78, 5) is 23.7. The fourth-order valence-corrected chi connectivity index (χ4v) is 7.99. The molecule has 348 valence electrons. The van der Waals surface area contributed by atoms with E-state index in [1.165, 1.54) is 6.07 Å². The lowest BCUT2D eigenvalue weighted by atomic mass is 10.1. The van der Waals surface area contributed by atoms with Crippen LogP contribution < -0.4 is 9.47 Å². The summed E-state index contributed by atoms with van der Waals surface area (Å²) in [6, 6.07) is 35.7. The molecular weight excluding hydrogens is 1020 g/mol. The lowest BCUT2D eigenvalue weighted by Crippen LogP contribution is -2.07. The molecule has 0 bridgehead atoms. The van der Waals surface area contributed by atoms with Crippen molar-refractivity contribution < 1.29 is 55.2 Å². The number of aryl methyl sites for hydroxylation is 2. The fraction of sp³-hybridized carbons (Fsp3) is 0.115. The Hall–Kier alpha value is -7.04. The zero-order chi connectivity index (χ0) is 48.8. The summed E-state index contributed by atoms with van der Waals surface area (Å²) in [5.41, 5.74) is 6.25. The van der Waals surface area contributed by atoms with Crippen molar-refractivity contribution in [1.29, 1.82) is 0 Å². The van der Waals surface area contributed by atoms with Crippen molar-refractivity contribution in [2.24, 2.45) is 0 Å². The molecule has 0 aliphatic carbocycles. The number of aromatic carboxylic acids is 1. The number of esters is 1. The first-order valence-corrected chi connectivity index (χ1v) is 22.2. The lowest BCUT2D eigenvalue weighted by molar-refractivity contribution is 0.0525. The van der Waals surface area contributed by atoms with Gasteiger partial charge in [0.1, 0.15) is 24.7 Å². The number of benzene rings is 6. The first kappa shape index (κ1) is 48.9. The molecule has 8 nitrogen and oxygen atoms in total. The minimum Gasteiger partial charge on any atom is -0.488 e. The van der Waals surface area contributed by atoms with Gasteiger partial charge in [-0.25, -0.2) is 35.9 Å². The number of aromatic nitrogens is 2. The monoisotopic (exact) mass is 1060 g/mol. The van der Waals surface area contributed by atoms with Crippen LogP contribution in [-0.2, 0) is 18.0 Å². The number of hydrogen-bond acceptors (Lipinski definition) is 5. The molecule has 0 amide bonds. The smallest absolute Gasteiger partial charge is 0.338 e. The van der Waals surface area contributed by atoms with Crippen LogP contribution in [-0.4, -0.2) is 32.8 Å². The van der Waals surface area contributed by atoms with Crippen LogP contribution in [0.5, 0.6) is 11.5 Å². The topological polar surface area (TPSA) is 91.9 Å². The van der Waals surface area contributed by atoms with E-state index in [2.05, 4.69) is 31.9 Å². The Morgan fingerprint density at radius 2 is 0.985 bits per heavy atom. The highest BCUT2D eigenvalue weighted by atomic mass is 79.9. The number of carbonyl (C=O) groups excluding carboxylic acids is 1. The van der Waals surface area contributed by atoms with Crippen molar-refractivity contribution in [2.75, 3.05) is 6.61 Å². The maximum absolute atomic E-state index is 14.2. The van der Waals surface area contributed by atoms with E-state index in [1.807, 2.05) is 65.4 Å². The van der Waals surface area contributed by atoms with Crippen LogP contribution in [0.2, 0.25) is 0 Å². The van der Waals surface area contributed by atoms with Crippen molar-refractivity contribution in [2.45, 2.75) is 34.0 Å². The minimum atomic E-state index is -1.55. The molecule has 8 rings (SSSR count). The van der Waals surface area contributed by atoms with Gasteiger partial charge in [-0.05, 0) is 142 Å². The van der Waals surface area contributed by atoms with Crippen LogP contribution in [0, 0.1) is 48.8 Å². The van der Waals surface area contributed by atoms with E-state index in [0.29, 0.717) is 39.6 Å². The molecule has 0 spiro atoms. The third kappa shape index (κ3) is 10.7. The average Bonchev–Trinajstić information content (AvgIpc) is 3.92. The van der Waals surface area contributed by atoms with Crippen LogP contribution in [0.25, 0.3) is 33.9 Å². The quantitative estimate of drug-likeness (QED) is 0.0703. The van der Waals surface area contributed by atoms with Gasteiger partial charge in [-0.15, -0.1) is 0 Å². The number of rotatable bonds is 13. The average molecular weight is 1060 g/mol. The van der Waals surface area contributed by atoms with Gasteiger partial charge in [0.2, 0.25) is 0 Å². The zero-order valence-corrected chi connectivity index (χ0v) is 39.4. The van der Waals surface area contributed by atoms with E-state index in [0.717, 1.165) is 56.0 Å². The molecule has 2 aromatic heterocycles. The van der Waals surface area contributed by atoms with E-state index in [1.54, 1.807) is 67.6 Å². The van der Waals surface area contributed by atoms with Crippen LogP contribution >= 0.6 is 31.9 Å². The molecule has 0 atom stereocenters. The van der Waals surface area contributed by atoms with Gasteiger partial charge in [-0.3, -0.25) is 0 Å². The normalized spacial score (nSPS) is 10.9. The van der Waals surface area contributed by atoms with Crippen molar-refractivity contribution in [1.82, 2.24) is 9.13 Å². The van der Waals surface area contributed by atoms with Gasteiger partial charge in [0, 0.05) is 54.0 Å². The number of hydrogen-bond donors (Lipinski definition) is 1. The molecule has 6 aromatic carbocycles. The maximum Gasteiger partial charge on any atom is 0.338 e. The third-order valence-electron chi connectivity index (χ3n) is 10.6. The number of carboxylic acid groups (broad SMARTS) is 1. The molecule has 0 aliphatic heterocycles. The molecule has 0 aliphatic rings. The van der Waals surface area contributed by atoms with Gasteiger partial charge in [-0.1, -0.05) is 44.0 Å². The van der Waals surface area contributed by atoms with Crippen molar-refractivity contribution in [3.63, 3.8) is 0 Å². The molecule has 8 aromatic rings. The summed E-state index contributed by atoms with van der Waals surface area (Å²) in [6.45, 7) is 5.22. The second-order valence-electron chi connectivity index (χ2n) is 15.0. The van der Waals surface area contributed by atoms with Gasteiger partial charge in [0.05, 0.1) is 29.1 Å². The van der Waals surface area contributed by atoms with Crippen LogP contribution in [0.15, 0.2) is 142 Å². The summed E-state index contributed by atoms with van der Waals surface area (Å²) in [5.74, 6) is -8.83. The summed E-state index contributed by atoms with van der Waals surface area (Å²) < 4.78 is 104. The highest BCUT2D eigenvalue weighted by Gasteiger charge is 2.21. The third-order valence-corrected chi connectivity index (χ3v) is 11.5. The Morgan fingerprint density at radius 3 is 1.43 bits per heavy atom. The number of carboxylic acids is 1. The van der Waals surface area contributed by atoms with Crippen molar-refractivity contribution >= 4 is 43.8 Å². The summed E-state index contributed by atoms with van der Waals surface area (Å²) >= 11 is 6.92. The van der Waals surface area contributed by atoms with E-state index in [-0.39, 0.29) is 36.5 Å². The fourth-order valence-electron chi connectivity index (χ4n) is 7.27. The SMILES string of the molecule is CCOC(=O)c1cccc(-n2c(C)ccc2-c2cc(Br)ccc2OCc2ccc(F)c(F)c2F)c1.Cc1ccc(-c2cc(Br)ccc2OCc2ccc(F)c(F)c2F)n1-c1cccc(C(=O)O)c1. The van der Waals surface area contributed by atoms with Crippen LogP contribution in [0.1, 0.15) is 50.2 Å². The van der Waals surface area contributed by atoms with Gasteiger partial charge < -0.3 is 28.5 Å². The highest BCUT2D eigenvalue weighted by Crippen LogP contribution is 2.38. The highest BCUT2D eigenvalue weighted by molar-refractivity contribution is 9.10. The van der Waals surface area contributed by atoms with Gasteiger partial charge in [0.25, 0.3) is 0 Å². The first-order chi connectivity index (χ1) is 32.6. The summed E-state index contributed by atoms with van der Waals surface area (Å²) in [7, 11) is 0. The lowest BCUT2D eigenvalue weighted by Gasteiger charge is -2.17. The largest absolute Gasteiger partial charge is 0.488 e. The Bertz CT molecular complexity index is 3190. The summed E-state index contributed by atoms with van der Waals surface area (Å²) in [5, 5.41) is 9.36. The second kappa shape index (κ2) is 21.3. The van der Waals surface area contributed by atoms with E-state index < -0.39 is 46.8 Å². The minimum absolute atomic E-state index is 0.105. The van der Waals surface area contributed by atoms with Crippen LogP contribution in [0.4, 0.5) is 26.3 Å². The second-order valence-corrected chi connectivity index (χ2v) is 16.9. The number of carbonyl (C=O) groups is 2.